The molecule has 0 rings (SSSR count). The van der Waals surface area contributed by atoms with Gasteiger partial charge in [-0.15, -0.1) is 0 Å². The Kier molecular flexibility index (Phi) is 10.8. The van der Waals surface area contributed by atoms with Gasteiger partial charge in [0.05, 0.1) is 0 Å². The Hall–Kier alpha value is -0.0800. The summed E-state index contributed by atoms with van der Waals surface area (Å²) in [6.45, 7) is 5.78. The maximum Gasteiger partial charge on any atom is -0.00484 e. The Morgan fingerprint density at radius 1 is 0.833 bits per heavy atom. The molecule has 0 aromatic carbocycles. The fraction of sp³-hybridized carbons (Fsp3) is 1.00. The van der Waals surface area contributed by atoms with Gasteiger partial charge in [0.1, 0.15) is 0 Å². The van der Waals surface area contributed by atoms with Crippen LogP contribution in [-0.4, -0.2) is 26.7 Å². The Labute approximate surface area is 77.1 Å². The molecule has 2 nitrogen and oxygen atoms in total. The highest BCUT2D eigenvalue weighted by Crippen LogP contribution is 1.91. The van der Waals surface area contributed by atoms with Crippen molar-refractivity contribution in [3.8, 4) is 0 Å². The minimum atomic E-state index is 1.15. The van der Waals surface area contributed by atoms with E-state index >= 15 is 0 Å². The molecule has 0 radical (unpaired) electrons. The third-order valence-corrected chi connectivity index (χ3v) is 1.99. The molecule has 0 atom stereocenters. The fourth-order valence-electron chi connectivity index (χ4n) is 1.18. The van der Waals surface area contributed by atoms with Crippen LogP contribution in [0.15, 0.2) is 0 Å². The zero-order valence-corrected chi connectivity index (χ0v) is 8.66. The predicted octanol–water partition coefficient (Wildman–Crippen LogP) is 1.77. The molecule has 0 aliphatic carbocycles. The molecule has 2 heteroatoms. The largest absolute Gasteiger partial charge is 0.320 e. The van der Waals surface area contributed by atoms with Crippen LogP contribution in [0, 0.1) is 0 Å². The zero-order chi connectivity index (χ0) is 9.07. The Balaban J connectivity index is 2.73. The van der Waals surface area contributed by atoms with E-state index in [0.717, 1.165) is 6.54 Å². The van der Waals surface area contributed by atoms with Crippen LogP contribution in [0.5, 0.6) is 0 Å². The summed E-state index contributed by atoms with van der Waals surface area (Å²) in [7, 11) is 2.01. The summed E-state index contributed by atoms with van der Waals surface area (Å²) < 4.78 is 0. The van der Waals surface area contributed by atoms with Crippen molar-refractivity contribution in [2.75, 3.05) is 26.7 Å². The first kappa shape index (κ1) is 11.9. The number of hydrogen-bond donors (Lipinski definition) is 2. The van der Waals surface area contributed by atoms with Crippen molar-refractivity contribution in [2.24, 2.45) is 0 Å². The molecule has 74 valence electrons. The van der Waals surface area contributed by atoms with Crippen molar-refractivity contribution in [3.05, 3.63) is 0 Å². The topological polar surface area (TPSA) is 24.1 Å². The quantitative estimate of drug-likeness (QED) is 0.518. The van der Waals surface area contributed by atoms with E-state index in [1.807, 2.05) is 7.05 Å². The van der Waals surface area contributed by atoms with Gasteiger partial charge in [-0.2, -0.15) is 0 Å². The summed E-state index contributed by atoms with van der Waals surface area (Å²) >= 11 is 0. The second-order valence-corrected chi connectivity index (χ2v) is 3.27. The van der Waals surface area contributed by atoms with Crippen LogP contribution < -0.4 is 10.6 Å². The van der Waals surface area contributed by atoms with Gasteiger partial charge in [0.25, 0.3) is 0 Å². The molecule has 0 spiro atoms. The van der Waals surface area contributed by atoms with Crippen molar-refractivity contribution < 1.29 is 0 Å². The summed E-state index contributed by atoms with van der Waals surface area (Å²) in [6.07, 6.45) is 6.61. The predicted molar refractivity (Wildman–Crippen MR) is 55.6 cm³/mol. The van der Waals surface area contributed by atoms with Gasteiger partial charge in [0.15, 0.2) is 0 Å². The highest BCUT2D eigenvalue weighted by Gasteiger charge is 1.88. The van der Waals surface area contributed by atoms with Gasteiger partial charge < -0.3 is 10.6 Å². The molecular weight excluding hydrogens is 148 g/mol. The molecule has 0 aliphatic heterocycles. The zero-order valence-electron chi connectivity index (χ0n) is 8.66. The van der Waals surface area contributed by atoms with Gasteiger partial charge in [0, 0.05) is 0 Å². The van der Waals surface area contributed by atoms with Crippen LogP contribution in [0.1, 0.15) is 39.0 Å². The first-order valence-corrected chi connectivity index (χ1v) is 5.27. The van der Waals surface area contributed by atoms with E-state index in [9.17, 15) is 0 Å². The van der Waals surface area contributed by atoms with E-state index in [1.54, 1.807) is 0 Å². The first-order chi connectivity index (χ1) is 5.91. The van der Waals surface area contributed by atoms with Crippen LogP contribution in [-0.2, 0) is 0 Å². The molecule has 0 unspecified atom stereocenters. The van der Waals surface area contributed by atoms with Gasteiger partial charge in [0.2, 0.25) is 0 Å². The van der Waals surface area contributed by atoms with Gasteiger partial charge in [-0.3, -0.25) is 0 Å². The van der Waals surface area contributed by atoms with Crippen LogP contribution in [0.3, 0.4) is 0 Å². The molecular formula is C10H24N2. The third-order valence-electron chi connectivity index (χ3n) is 1.99. The normalized spacial score (nSPS) is 10.5. The van der Waals surface area contributed by atoms with E-state index in [0.29, 0.717) is 0 Å². The monoisotopic (exact) mass is 172 g/mol. The summed E-state index contributed by atoms with van der Waals surface area (Å²) in [5.41, 5.74) is 0. The summed E-state index contributed by atoms with van der Waals surface area (Å²) in [6, 6.07) is 0. The lowest BCUT2D eigenvalue weighted by molar-refractivity contribution is 0.577. The Morgan fingerprint density at radius 2 is 1.42 bits per heavy atom. The Bertz CT molecular complexity index is 64.2. The number of rotatable bonds is 9. The van der Waals surface area contributed by atoms with Crippen molar-refractivity contribution in [3.63, 3.8) is 0 Å². The van der Waals surface area contributed by atoms with Crippen LogP contribution in [0.25, 0.3) is 0 Å². The van der Waals surface area contributed by atoms with Crippen molar-refractivity contribution in [2.45, 2.75) is 39.0 Å². The molecule has 0 heterocycles. The molecule has 0 fully saturated rings. The van der Waals surface area contributed by atoms with Crippen molar-refractivity contribution in [1.82, 2.24) is 10.6 Å². The summed E-state index contributed by atoms with van der Waals surface area (Å²) in [5, 5.41) is 6.60. The maximum atomic E-state index is 3.45. The summed E-state index contributed by atoms with van der Waals surface area (Å²) in [4.78, 5) is 0. The van der Waals surface area contributed by atoms with E-state index < -0.39 is 0 Å². The van der Waals surface area contributed by atoms with Gasteiger partial charge in [-0.05, 0) is 45.9 Å². The van der Waals surface area contributed by atoms with E-state index in [4.69, 9.17) is 0 Å². The minimum absolute atomic E-state index is 1.15. The lowest BCUT2D eigenvalue weighted by Crippen LogP contribution is -2.18. The third kappa shape index (κ3) is 9.92. The van der Waals surface area contributed by atoms with E-state index in [1.165, 1.54) is 45.2 Å². The van der Waals surface area contributed by atoms with E-state index in [-0.39, 0.29) is 0 Å². The molecule has 0 saturated carbocycles. The van der Waals surface area contributed by atoms with Crippen LogP contribution >= 0.6 is 0 Å². The molecule has 0 amide bonds. The highest BCUT2D eigenvalue weighted by molar-refractivity contribution is 4.49. The maximum absolute atomic E-state index is 3.45. The molecule has 0 aromatic rings. The first-order valence-electron chi connectivity index (χ1n) is 5.27. The SMILES string of the molecule is CCCCCNCCCCNC. The molecule has 0 saturated heterocycles. The fourth-order valence-corrected chi connectivity index (χ4v) is 1.18. The van der Waals surface area contributed by atoms with E-state index in [2.05, 4.69) is 17.6 Å². The Morgan fingerprint density at radius 3 is 2.00 bits per heavy atom. The number of hydrogen-bond acceptors (Lipinski definition) is 2. The van der Waals surface area contributed by atoms with Crippen molar-refractivity contribution in [1.29, 1.82) is 0 Å². The highest BCUT2D eigenvalue weighted by atomic mass is 14.8. The molecule has 0 aromatic heterocycles. The molecule has 2 N–H and O–H groups in total. The van der Waals surface area contributed by atoms with Crippen LogP contribution in [0.4, 0.5) is 0 Å². The second-order valence-electron chi connectivity index (χ2n) is 3.27. The molecule has 12 heavy (non-hydrogen) atoms. The van der Waals surface area contributed by atoms with Crippen LogP contribution in [0.2, 0.25) is 0 Å². The standard InChI is InChI=1S/C10H24N2/c1-3-4-5-9-12-10-7-6-8-11-2/h11-12H,3-10H2,1-2H3. The number of unbranched alkanes of at least 4 members (excludes halogenated alkanes) is 3. The lowest BCUT2D eigenvalue weighted by atomic mass is 10.2. The average molecular weight is 172 g/mol. The molecule has 0 aliphatic rings. The van der Waals surface area contributed by atoms with Gasteiger partial charge in [-0.25, -0.2) is 0 Å². The molecule has 0 bridgehead atoms. The number of nitrogens with one attached hydrogen (secondary N) is 2. The summed E-state index contributed by atoms with van der Waals surface area (Å²) in [5.74, 6) is 0. The van der Waals surface area contributed by atoms with Gasteiger partial charge >= 0.3 is 0 Å². The second kappa shape index (κ2) is 10.9. The smallest absolute Gasteiger partial charge is 0.00484 e. The van der Waals surface area contributed by atoms with Crippen molar-refractivity contribution >= 4 is 0 Å². The minimum Gasteiger partial charge on any atom is -0.320 e. The average Bonchev–Trinajstić information content (AvgIpc) is 2.10. The lowest BCUT2D eigenvalue weighted by Gasteiger charge is -2.03. The van der Waals surface area contributed by atoms with Gasteiger partial charge in [-0.1, -0.05) is 19.8 Å².